The van der Waals surface area contributed by atoms with Crippen LogP contribution in [-0.4, -0.2) is 29.6 Å². The van der Waals surface area contributed by atoms with Gasteiger partial charge in [0.1, 0.15) is 0 Å². The van der Waals surface area contributed by atoms with Gasteiger partial charge in [0.15, 0.2) is 0 Å². The SMILES string of the molecule is C/C=C1\[C@H]2C=C(C)C[C@@]1(N)c1ccc(=O)[nH]c1C2.Cc1nc(C)c(C)nc1C.O=P(O)(O)O. The van der Waals surface area contributed by atoms with Crippen molar-refractivity contribution in [1.29, 1.82) is 0 Å². The average molecular weight is 477 g/mol. The number of allylic oxidation sites excluding steroid dienone is 2. The third kappa shape index (κ3) is 6.79. The van der Waals surface area contributed by atoms with Gasteiger partial charge in [0.2, 0.25) is 5.56 Å². The van der Waals surface area contributed by atoms with E-state index in [2.05, 4.69) is 41.0 Å². The number of aromatic amines is 1. The van der Waals surface area contributed by atoms with E-state index in [9.17, 15) is 4.79 Å². The van der Waals surface area contributed by atoms with E-state index in [1.165, 1.54) is 11.1 Å². The Morgan fingerprint density at radius 3 is 2.00 bits per heavy atom. The molecule has 0 aromatic carbocycles. The average Bonchev–Trinajstić information content (AvgIpc) is 2.64. The lowest BCUT2D eigenvalue weighted by Gasteiger charge is -2.45. The van der Waals surface area contributed by atoms with Crippen molar-refractivity contribution in [2.75, 3.05) is 0 Å². The number of hydrogen-bond donors (Lipinski definition) is 5. The number of nitrogens with one attached hydrogen (secondary N) is 1. The van der Waals surface area contributed by atoms with Crippen LogP contribution >= 0.6 is 7.82 Å². The van der Waals surface area contributed by atoms with Gasteiger partial charge in [0.05, 0.1) is 28.3 Å². The Morgan fingerprint density at radius 1 is 1.06 bits per heavy atom. The zero-order chi connectivity index (χ0) is 25.1. The molecule has 2 heterocycles. The number of nitrogens with zero attached hydrogens (tertiary/aromatic N) is 2. The van der Waals surface area contributed by atoms with Crippen molar-refractivity contribution < 1.29 is 19.2 Å². The molecule has 2 atom stereocenters. The summed E-state index contributed by atoms with van der Waals surface area (Å²) in [5.74, 6) is 0.333. The summed E-state index contributed by atoms with van der Waals surface area (Å²) in [6.45, 7) is 12.1. The van der Waals surface area contributed by atoms with Gasteiger partial charge < -0.3 is 25.4 Å². The van der Waals surface area contributed by atoms with Gasteiger partial charge >= 0.3 is 7.82 Å². The van der Waals surface area contributed by atoms with E-state index >= 15 is 0 Å². The van der Waals surface area contributed by atoms with Gasteiger partial charge in [-0.15, -0.1) is 0 Å². The predicted molar refractivity (Wildman–Crippen MR) is 127 cm³/mol. The lowest BCUT2D eigenvalue weighted by molar-refractivity contribution is 0.275. The monoisotopic (exact) mass is 476 g/mol. The quantitative estimate of drug-likeness (QED) is 0.286. The van der Waals surface area contributed by atoms with Crippen LogP contribution in [0.5, 0.6) is 0 Å². The molecule has 2 aliphatic carbocycles. The van der Waals surface area contributed by atoms with E-state index < -0.39 is 13.4 Å². The molecule has 0 unspecified atom stereocenters. The highest BCUT2D eigenvalue weighted by atomic mass is 31.2. The van der Waals surface area contributed by atoms with Crippen molar-refractivity contribution in [3.8, 4) is 0 Å². The van der Waals surface area contributed by atoms with Crippen LogP contribution in [0, 0.1) is 33.6 Å². The van der Waals surface area contributed by atoms with Crippen LogP contribution in [-0.2, 0) is 16.5 Å². The molecule has 0 spiro atoms. The summed E-state index contributed by atoms with van der Waals surface area (Å²) in [6, 6.07) is 3.47. The molecule has 0 saturated heterocycles. The number of aromatic nitrogens is 3. The third-order valence-corrected chi connectivity index (χ3v) is 5.89. The fraction of sp³-hybridized carbons (Fsp3) is 0.435. The van der Waals surface area contributed by atoms with Gasteiger partial charge in [-0.25, -0.2) is 4.57 Å². The molecule has 10 heteroatoms. The van der Waals surface area contributed by atoms with Crippen LogP contribution in [0.25, 0.3) is 0 Å². The standard InChI is InChI=1S/C15H18N2O.C8H12N2.H3O4P/c1-3-11-10-6-9(2)8-15(11,16)12-4-5-14(18)17-13(12)7-10;1-5-6(2)10-8(4)7(3)9-5;1-5(2,3)4/h3-6,10H,7-8,16H2,1-2H3,(H,17,18);1-4H3;(H3,1,2,3,4)/b11-3+;;/t10-,15-;;/m0../s1. The van der Waals surface area contributed by atoms with Gasteiger partial charge in [-0.05, 0) is 71.6 Å². The minimum absolute atomic E-state index is 0.0416. The van der Waals surface area contributed by atoms with E-state index in [4.69, 9.17) is 25.0 Å². The fourth-order valence-corrected chi connectivity index (χ4v) is 4.40. The van der Waals surface area contributed by atoms with Crippen molar-refractivity contribution in [3.63, 3.8) is 0 Å². The second-order valence-corrected chi connectivity index (χ2v) is 9.54. The van der Waals surface area contributed by atoms with Crippen molar-refractivity contribution in [3.05, 3.63) is 79.8 Å². The Labute approximate surface area is 193 Å². The molecule has 2 bridgehead atoms. The summed E-state index contributed by atoms with van der Waals surface area (Å²) in [5, 5.41) is 0. The maximum Gasteiger partial charge on any atom is 0.466 e. The van der Waals surface area contributed by atoms with E-state index in [0.717, 1.165) is 46.9 Å². The van der Waals surface area contributed by atoms with Crippen molar-refractivity contribution in [2.24, 2.45) is 11.7 Å². The van der Waals surface area contributed by atoms with E-state index in [0.29, 0.717) is 5.92 Å². The molecule has 0 amide bonds. The Morgan fingerprint density at radius 2 is 1.55 bits per heavy atom. The van der Waals surface area contributed by atoms with Gasteiger partial charge in [0, 0.05) is 17.7 Å². The summed E-state index contributed by atoms with van der Waals surface area (Å²) in [5.41, 5.74) is 15.0. The molecule has 2 aromatic rings. The molecular formula is C23H33N4O5P. The molecule has 0 fully saturated rings. The lowest BCUT2D eigenvalue weighted by atomic mass is 9.63. The zero-order valence-electron chi connectivity index (χ0n) is 19.9. The molecule has 9 nitrogen and oxygen atoms in total. The van der Waals surface area contributed by atoms with Crippen LogP contribution in [0.4, 0.5) is 0 Å². The summed E-state index contributed by atoms with van der Waals surface area (Å²) in [7, 11) is -4.64. The molecule has 0 radical (unpaired) electrons. The summed E-state index contributed by atoms with van der Waals surface area (Å²) in [4.78, 5) is 44.6. The molecule has 180 valence electrons. The second-order valence-electron chi connectivity index (χ2n) is 8.51. The predicted octanol–water partition coefficient (Wildman–Crippen LogP) is 2.78. The first-order chi connectivity index (χ1) is 15.2. The second kappa shape index (κ2) is 10.2. The molecular weight excluding hydrogens is 443 g/mol. The minimum atomic E-state index is -4.64. The van der Waals surface area contributed by atoms with E-state index in [1.54, 1.807) is 6.07 Å². The topological polar surface area (TPSA) is 162 Å². The largest absolute Gasteiger partial charge is 0.466 e. The number of aryl methyl sites for hydroxylation is 4. The Balaban J connectivity index is 0.000000217. The minimum Gasteiger partial charge on any atom is -0.326 e. The first-order valence-corrected chi connectivity index (χ1v) is 12.1. The van der Waals surface area contributed by atoms with Crippen molar-refractivity contribution in [1.82, 2.24) is 15.0 Å². The highest BCUT2D eigenvalue weighted by Crippen LogP contribution is 2.47. The van der Waals surface area contributed by atoms with Crippen LogP contribution < -0.4 is 11.3 Å². The molecule has 0 saturated carbocycles. The van der Waals surface area contributed by atoms with Crippen LogP contribution in [0.15, 0.2) is 40.2 Å². The number of phosphoric acid groups is 1. The number of nitrogens with two attached hydrogens (primary N) is 1. The Hall–Kier alpha value is -2.42. The number of H-pyrrole nitrogens is 1. The van der Waals surface area contributed by atoms with Gasteiger partial charge in [-0.2, -0.15) is 0 Å². The molecule has 33 heavy (non-hydrogen) atoms. The number of hydrogen-bond acceptors (Lipinski definition) is 5. The highest BCUT2D eigenvalue weighted by Gasteiger charge is 2.43. The third-order valence-electron chi connectivity index (χ3n) is 5.89. The Kier molecular flexibility index (Phi) is 8.32. The molecule has 6 N–H and O–H groups in total. The normalized spacial score (nSPS) is 22.3. The van der Waals surface area contributed by atoms with E-state index in [-0.39, 0.29) is 5.56 Å². The maximum absolute atomic E-state index is 11.5. The first kappa shape index (κ1) is 26.8. The zero-order valence-corrected chi connectivity index (χ0v) is 20.8. The van der Waals surface area contributed by atoms with Crippen LogP contribution in [0.2, 0.25) is 0 Å². The smallest absolute Gasteiger partial charge is 0.326 e. The first-order valence-electron chi connectivity index (χ1n) is 10.6. The summed E-state index contributed by atoms with van der Waals surface area (Å²) >= 11 is 0. The van der Waals surface area contributed by atoms with Crippen molar-refractivity contribution >= 4 is 7.82 Å². The Bertz CT molecular complexity index is 1140. The van der Waals surface area contributed by atoms with Crippen molar-refractivity contribution in [2.45, 2.75) is 59.9 Å². The summed E-state index contributed by atoms with van der Waals surface area (Å²) in [6.07, 6.45) is 6.11. The van der Waals surface area contributed by atoms with E-state index in [1.807, 2.05) is 33.8 Å². The lowest BCUT2D eigenvalue weighted by Crippen LogP contribution is -2.48. The van der Waals surface area contributed by atoms with Crippen LogP contribution in [0.1, 0.15) is 54.3 Å². The molecule has 0 aliphatic heterocycles. The fourth-order valence-electron chi connectivity index (χ4n) is 4.40. The van der Waals surface area contributed by atoms with Gasteiger partial charge in [0.25, 0.3) is 0 Å². The number of pyridine rings is 1. The molecule has 4 rings (SSSR count). The van der Waals surface area contributed by atoms with Crippen LogP contribution in [0.3, 0.4) is 0 Å². The highest BCUT2D eigenvalue weighted by molar-refractivity contribution is 7.45. The maximum atomic E-state index is 11.5. The number of rotatable bonds is 0. The summed E-state index contributed by atoms with van der Waals surface area (Å²) < 4.78 is 8.88. The molecule has 2 aromatic heterocycles. The number of fused-ring (bicyclic) bond motifs is 4. The van der Waals surface area contributed by atoms with Gasteiger partial charge in [-0.3, -0.25) is 14.8 Å². The molecule has 2 aliphatic rings. The van der Waals surface area contributed by atoms with Gasteiger partial charge in [-0.1, -0.05) is 17.7 Å².